The minimum atomic E-state index is -1.02. The molecular formula is C25H35N3O6. The molecule has 0 saturated heterocycles. The van der Waals surface area contributed by atoms with Gasteiger partial charge in [-0.15, -0.1) is 0 Å². The van der Waals surface area contributed by atoms with E-state index in [1.54, 1.807) is 52.0 Å². The molecule has 34 heavy (non-hydrogen) atoms. The molecule has 0 spiro atoms. The van der Waals surface area contributed by atoms with Gasteiger partial charge in [0, 0.05) is 6.04 Å². The van der Waals surface area contributed by atoms with E-state index in [9.17, 15) is 19.2 Å². The summed E-state index contributed by atoms with van der Waals surface area (Å²) >= 11 is 0. The van der Waals surface area contributed by atoms with Gasteiger partial charge in [0.15, 0.2) is 0 Å². The Bertz CT molecular complexity index is 939. The van der Waals surface area contributed by atoms with E-state index in [2.05, 4.69) is 21.9 Å². The van der Waals surface area contributed by atoms with Crippen LogP contribution in [0.5, 0.6) is 0 Å². The summed E-state index contributed by atoms with van der Waals surface area (Å²) < 4.78 is 9.89. The largest absolute Gasteiger partial charge is 0.468 e. The van der Waals surface area contributed by atoms with Gasteiger partial charge >= 0.3 is 12.1 Å². The van der Waals surface area contributed by atoms with Crippen LogP contribution >= 0.6 is 0 Å². The second kappa shape index (κ2) is 11.2. The van der Waals surface area contributed by atoms with Gasteiger partial charge in [-0.25, -0.2) is 4.79 Å². The maximum Gasteiger partial charge on any atom is 0.408 e. The van der Waals surface area contributed by atoms with Gasteiger partial charge in [-0.1, -0.05) is 37.8 Å². The summed E-state index contributed by atoms with van der Waals surface area (Å²) in [7, 11) is 1.23. The van der Waals surface area contributed by atoms with Gasteiger partial charge in [0.25, 0.3) is 0 Å². The summed E-state index contributed by atoms with van der Waals surface area (Å²) in [4.78, 5) is 52.3. The monoisotopic (exact) mass is 473 g/mol. The third-order valence-electron chi connectivity index (χ3n) is 5.41. The van der Waals surface area contributed by atoms with Crippen molar-refractivity contribution >= 4 is 30.0 Å². The number of alkyl carbamates (subject to hydrolysis) is 1. The van der Waals surface area contributed by atoms with Crippen LogP contribution in [0.15, 0.2) is 30.8 Å². The molecule has 0 aliphatic heterocycles. The number of rotatable bonds is 9. The molecule has 9 nitrogen and oxygen atoms in total. The lowest BCUT2D eigenvalue weighted by atomic mass is 10.00. The molecular weight excluding hydrogens is 438 g/mol. The van der Waals surface area contributed by atoms with E-state index < -0.39 is 41.6 Å². The Labute approximate surface area is 200 Å². The Hall–Kier alpha value is -3.36. The number of carbonyl (C=O) groups excluding carboxylic acids is 4. The van der Waals surface area contributed by atoms with Crippen LogP contribution in [0.4, 0.5) is 4.79 Å². The first kappa shape index (κ1) is 26.9. The number of benzene rings is 1. The number of carbonyl (C=O) groups is 4. The maximum atomic E-state index is 13.6. The SMILES string of the molecule is C=Cc1cccc(C(C(=O)NCC(=O)OC)N(C(=O)C(C)NC(=O)OC(C)(C)C)C2CC2C)c1. The van der Waals surface area contributed by atoms with Crippen molar-refractivity contribution in [3.8, 4) is 0 Å². The highest BCUT2D eigenvalue weighted by Crippen LogP contribution is 2.40. The molecule has 1 aromatic rings. The Morgan fingerprint density at radius 2 is 1.91 bits per heavy atom. The minimum Gasteiger partial charge on any atom is -0.468 e. The smallest absolute Gasteiger partial charge is 0.408 e. The molecule has 2 rings (SSSR count). The summed E-state index contributed by atoms with van der Waals surface area (Å²) in [5.41, 5.74) is 0.620. The van der Waals surface area contributed by atoms with Crippen LogP contribution in [-0.4, -0.2) is 60.1 Å². The number of hydrogen-bond acceptors (Lipinski definition) is 6. The van der Waals surface area contributed by atoms with Crippen molar-refractivity contribution in [1.82, 2.24) is 15.5 Å². The molecule has 2 N–H and O–H groups in total. The highest BCUT2D eigenvalue weighted by Gasteiger charge is 2.47. The quantitative estimate of drug-likeness (QED) is 0.533. The molecule has 1 aliphatic rings. The Morgan fingerprint density at radius 1 is 1.26 bits per heavy atom. The normalized spacial score (nSPS) is 18.6. The van der Waals surface area contributed by atoms with Crippen molar-refractivity contribution in [3.63, 3.8) is 0 Å². The molecule has 4 unspecified atom stereocenters. The molecule has 1 aromatic carbocycles. The van der Waals surface area contributed by atoms with Gasteiger partial charge in [-0.2, -0.15) is 0 Å². The minimum absolute atomic E-state index is 0.177. The van der Waals surface area contributed by atoms with E-state index in [4.69, 9.17) is 4.74 Å². The number of nitrogens with zero attached hydrogens (tertiary/aromatic N) is 1. The van der Waals surface area contributed by atoms with Gasteiger partial charge in [0.05, 0.1) is 7.11 Å². The molecule has 3 amide bonds. The summed E-state index contributed by atoms with van der Waals surface area (Å²) in [6.07, 6.45) is 1.63. The highest BCUT2D eigenvalue weighted by atomic mass is 16.6. The van der Waals surface area contributed by atoms with E-state index >= 15 is 0 Å². The number of nitrogens with one attached hydrogen (secondary N) is 2. The van der Waals surface area contributed by atoms with Crippen LogP contribution in [0, 0.1) is 5.92 Å². The Kier molecular flexibility index (Phi) is 8.84. The van der Waals surface area contributed by atoms with Gasteiger partial charge in [-0.05, 0) is 57.2 Å². The third kappa shape index (κ3) is 7.33. The van der Waals surface area contributed by atoms with Crippen LogP contribution in [0.2, 0.25) is 0 Å². The van der Waals surface area contributed by atoms with Gasteiger partial charge in [-0.3, -0.25) is 14.4 Å². The van der Waals surface area contributed by atoms with Crippen molar-refractivity contribution in [2.75, 3.05) is 13.7 Å². The van der Waals surface area contributed by atoms with Crippen molar-refractivity contribution < 1.29 is 28.7 Å². The lowest BCUT2D eigenvalue weighted by Crippen LogP contribution is -2.53. The van der Waals surface area contributed by atoms with E-state index in [1.165, 1.54) is 12.0 Å². The Morgan fingerprint density at radius 3 is 2.44 bits per heavy atom. The molecule has 0 aromatic heterocycles. The average molecular weight is 474 g/mol. The predicted molar refractivity (Wildman–Crippen MR) is 128 cm³/mol. The van der Waals surface area contributed by atoms with Gasteiger partial charge < -0.3 is 25.0 Å². The maximum absolute atomic E-state index is 13.6. The fraction of sp³-hybridized carbons (Fsp3) is 0.520. The van der Waals surface area contributed by atoms with Crippen molar-refractivity contribution in [2.45, 2.75) is 64.8 Å². The topological polar surface area (TPSA) is 114 Å². The number of amides is 3. The lowest BCUT2D eigenvalue weighted by molar-refractivity contribution is -0.145. The number of methoxy groups -OCH3 is 1. The molecule has 186 valence electrons. The van der Waals surface area contributed by atoms with Crippen molar-refractivity contribution in [1.29, 1.82) is 0 Å². The molecule has 0 bridgehead atoms. The average Bonchev–Trinajstić information content (AvgIpc) is 3.49. The van der Waals surface area contributed by atoms with Crippen LogP contribution in [0.1, 0.15) is 58.2 Å². The standard InChI is InChI=1S/C25H35N3O6/c1-8-17-10-9-11-18(13-17)21(22(30)26-14-20(29)33-7)28(19-12-15(19)2)23(31)16(3)27-24(32)34-25(4,5)6/h8-11,13,15-16,19,21H,1,12,14H2,2-7H3,(H,26,30)(H,27,32). The summed E-state index contributed by atoms with van der Waals surface area (Å²) in [6, 6.07) is 4.96. The number of esters is 1. The van der Waals surface area contributed by atoms with Crippen LogP contribution in [0.25, 0.3) is 6.08 Å². The van der Waals surface area contributed by atoms with Crippen LogP contribution < -0.4 is 10.6 Å². The summed E-state index contributed by atoms with van der Waals surface area (Å²) in [6.45, 7) is 12.2. The fourth-order valence-corrected chi connectivity index (χ4v) is 3.56. The number of hydrogen-bond donors (Lipinski definition) is 2. The zero-order valence-corrected chi connectivity index (χ0v) is 20.7. The first-order valence-electron chi connectivity index (χ1n) is 11.3. The Balaban J connectivity index is 2.39. The lowest BCUT2D eigenvalue weighted by Gasteiger charge is -2.34. The molecule has 0 heterocycles. The summed E-state index contributed by atoms with van der Waals surface area (Å²) in [5.74, 6) is -1.38. The molecule has 9 heteroatoms. The predicted octanol–water partition coefficient (Wildman–Crippen LogP) is 2.81. The molecule has 1 fully saturated rings. The third-order valence-corrected chi connectivity index (χ3v) is 5.41. The zero-order chi connectivity index (χ0) is 25.6. The first-order chi connectivity index (χ1) is 15.9. The molecule has 1 saturated carbocycles. The first-order valence-corrected chi connectivity index (χ1v) is 11.3. The summed E-state index contributed by atoms with van der Waals surface area (Å²) in [5, 5.41) is 5.13. The second-order valence-corrected chi connectivity index (χ2v) is 9.46. The number of ether oxygens (including phenoxy) is 2. The van der Waals surface area contributed by atoms with E-state index in [0.717, 1.165) is 5.56 Å². The van der Waals surface area contributed by atoms with Crippen molar-refractivity contribution in [2.24, 2.45) is 5.92 Å². The van der Waals surface area contributed by atoms with Crippen LogP contribution in [-0.2, 0) is 23.9 Å². The van der Waals surface area contributed by atoms with Gasteiger partial charge in [0.1, 0.15) is 24.2 Å². The van der Waals surface area contributed by atoms with Gasteiger partial charge in [0.2, 0.25) is 11.8 Å². The molecule has 0 radical (unpaired) electrons. The zero-order valence-electron chi connectivity index (χ0n) is 20.7. The molecule has 1 aliphatic carbocycles. The van der Waals surface area contributed by atoms with Crippen LogP contribution in [0.3, 0.4) is 0 Å². The van der Waals surface area contributed by atoms with Crippen molar-refractivity contribution in [3.05, 3.63) is 42.0 Å². The van der Waals surface area contributed by atoms with E-state index in [0.29, 0.717) is 12.0 Å². The fourth-order valence-electron chi connectivity index (χ4n) is 3.56. The molecule has 4 atom stereocenters. The highest BCUT2D eigenvalue weighted by molar-refractivity contribution is 5.93. The van der Waals surface area contributed by atoms with E-state index in [-0.39, 0.29) is 18.5 Å². The van der Waals surface area contributed by atoms with E-state index in [1.807, 2.05) is 13.0 Å². The second-order valence-electron chi connectivity index (χ2n) is 9.46.